The summed E-state index contributed by atoms with van der Waals surface area (Å²) in [5, 5.41) is 5.12. The lowest BCUT2D eigenvalue weighted by Gasteiger charge is -2.24. The minimum absolute atomic E-state index is 0.430. The van der Waals surface area contributed by atoms with Crippen LogP contribution < -0.4 is 5.32 Å². The van der Waals surface area contributed by atoms with Gasteiger partial charge < -0.3 is 10.3 Å². The van der Waals surface area contributed by atoms with E-state index in [9.17, 15) is 0 Å². The first-order valence-corrected chi connectivity index (χ1v) is 8.68. The maximum Gasteiger partial charge on any atom is 0.0478 e. The summed E-state index contributed by atoms with van der Waals surface area (Å²) in [5.74, 6) is 0. The van der Waals surface area contributed by atoms with Gasteiger partial charge in [-0.15, -0.1) is 0 Å². The molecule has 0 aliphatic heterocycles. The number of para-hydroxylation sites is 1. The Morgan fingerprint density at radius 3 is 2.77 bits per heavy atom. The van der Waals surface area contributed by atoms with Gasteiger partial charge in [0.2, 0.25) is 0 Å². The molecule has 0 fully saturated rings. The van der Waals surface area contributed by atoms with Crippen molar-refractivity contribution < 1.29 is 0 Å². The normalized spacial score (nSPS) is 17.6. The van der Waals surface area contributed by atoms with Gasteiger partial charge in [-0.25, -0.2) is 0 Å². The number of hydrogen-bond acceptors (Lipinski definition) is 1. The van der Waals surface area contributed by atoms with Crippen molar-refractivity contribution in [3.05, 3.63) is 69.8 Å². The van der Waals surface area contributed by atoms with Crippen molar-refractivity contribution in [1.82, 2.24) is 10.3 Å². The van der Waals surface area contributed by atoms with Crippen molar-refractivity contribution in [2.24, 2.45) is 0 Å². The number of benzene rings is 2. The Bertz CT molecular complexity index is 789. The van der Waals surface area contributed by atoms with E-state index in [4.69, 9.17) is 0 Å². The van der Waals surface area contributed by atoms with Gasteiger partial charge in [-0.3, -0.25) is 0 Å². The summed E-state index contributed by atoms with van der Waals surface area (Å²) >= 11 is 3.49. The molecule has 3 aromatic rings. The topological polar surface area (TPSA) is 27.8 Å². The number of halogens is 1. The number of fused-ring (bicyclic) bond motifs is 3. The van der Waals surface area contributed by atoms with Gasteiger partial charge in [0.1, 0.15) is 0 Å². The first-order valence-electron chi connectivity index (χ1n) is 7.88. The summed E-state index contributed by atoms with van der Waals surface area (Å²) in [7, 11) is 0. The fourth-order valence-corrected chi connectivity index (χ4v) is 3.73. The van der Waals surface area contributed by atoms with Crippen molar-refractivity contribution in [3.8, 4) is 0 Å². The second kappa shape index (κ2) is 5.90. The van der Waals surface area contributed by atoms with Crippen LogP contribution in [0.2, 0.25) is 0 Å². The molecule has 0 amide bonds. The van der Waals surface area contributed by atoms with Gasteiger partial charge in [-0.05, 0) is 48.6 Å². The lowest BCUT2D eigenvalue weighted by atomic mass is 9.91. The number of aromatic nitrogens is 1. The molecule has 2 aromatic carbocycles. The Hall–Kier alpha value is -1.58. The Labute approximate surface area is 139 Å². The molecule has 2 N–H and O–H groups in total. The minimum atomic E-state index is 0.430. The van der Waals surface area contributed by atoms with Crippen LogP contribution in [0.15, 0.2) is 53.0 Å². The van der Waals surface area contributed by atoms with Crippen LogP contribution in [-0.4, -0.2) is 4.98 Å². The highest BCUT2D eigenvalue weighted by Gasteiger charge is 2.23. The van der Waals surface area contributed by atoms with E-state index in [1.54, 1.807) is 0 Å². The van der Waals surface area contributed by atoms with E-state index in [1.807, 2.05) is 0 Å². The molecule has 1 heterocycles. The predicted octanol–water partition coefficient (Wildman–Crippen LogP) is 5.10. The highest BCUT2D eigenvalue weighted by Crippen LogP contribution is 2.34. The zero-order chi connectivity index (χ0) is 14.9. The van der Waals surface area contributed by atoms with Crippen molar-refractivity contribution in [1.29, 1.82) is 0 Å². The maximum atomic E-state index is 3.73. The van der Waals surface area contributed by atoms with E-state index in [1.165, 1.54) is 47.0 Å². The Morgan fingerprint density at radius 1 is 1.09 bits per heavy atom. The molecule has 3 heteroatoms. The smallest absolute Gasteiger partial charge is 0.0478 e. The van der Waals surface area contributed by atoms with Crippen LogP contribution in [-0.2, 0) is 13.0 Å². The largest absolute Gasteiger partial charge is 0.357 e. The number of H-pyrrole nitrogens is 1. The van der Waals surface area contributed by atoms with Crippen LogP contribution in [0.5, 0.6) is 0 Å². The lowest BCUT2D eigenvalue weighted by Crippen LogP contribution is -2.24. The molecule has 112 valence electrons. The van der Waals surface area contributed by atoms with Crippen LogP contribution in [0.4, 0.5) is 0 Å². The highest BCUT2D eigenvalue weighted by molar-refractivity contribution is 9.10. The molecule has 1 aliphatic carbocycles. The van der Waals surface area contributed by atoms with E-state index >= 15 is 0 Å². The summed E-state index contributed by atoms with van der Waals surface area (Å²) < 4.78 is 1.13. The second-order valence-corrected chi connectivity index (χ2v) is 6.93. The summed E-state index contributed by atoms with van der Waals surface area (Å²) in [5.41, 5.74) is 5.50. The second-order valence-electron chi connectivity index (χ2n) is 6.01. The molecule has 0 bridgehead atoms. The third-order valence-electron chi connectivity index (χ3n) is 4.58. The van der Waals surface area contributed by atoms with Gasteiger partial charge in [0.05, 0.1) is 0 Å². The molecule has 22 heavy (non-hydrogen) atoms. The number of aromatic amines is 1. The van der Waals surface area contributed by atoms with Crippen molar-refractivity contribution >= 4 is 26.8 Å². The van der Waals surface area contributed by atoms with E-state index in [-0.39, 0.29) is 0 Å². The summed E-state index contributed by atoms with van der Waals surface area (Å²) in [4.78, 5) is 3.64. The molecular formula is C19H19BrN2. The van der Waals surface area contributed by atoms with Gasteiger partial charge in [0.25, 0.3) is 0 Å². The van der Waals surface area contributed by atoms with Crippen LogP contribution in [0, 0.1) is 0 Å². The first kappa shape index (κ1) is 14.0. The molecular weight excluding hydrogens is 336 g/mol. The number of rotatable bonds is 3. The fraction of sp³-hybridized carbons (Fsp3) is 0.263. The molecule has 1 unspecified atom stereocenters. The molecule has 1 atom stereocenters. The minimum Gasteiger partial charge on any atom is -0.357 e. The summed E-state index contributed by atoms with van der Waals surface area (Å²) in [6, 6.07) is 17.6. The van der Waals surface area contributed by atoms with E-state index in [0.717, 1.165) is 11.0 Å². The van der Waals surface area contributed by atoms with Crippen LogP contribution in [0.1, 0.15) is 35.7 Å². The Kier molecular flexibility index (Phi) is 3.77. The average Bonchev–Trinajstić information content (AvgIpc) is 2.94. The van der Waals surface area contributed by atoms with Gasteiger partial charge in [0.15, 0.2) is 0 Å². The van der Waals surface area contributed by atoms with Crippen molar-refractivity contribution in [2.45, 2.75) is 31.8 Å². The molecule has 1 aromatic heterocycles. The number of aryl methyl sites for hydroxylation is 1. The van der Waals surface area contributed by atoms with Gasteiger partial charge in [-0.2, -0.15) is 0 Å². The monoisotopic (exact) mass is 354 g/mol. The van der Waals surface area contributed by atoms with E-state index < -0.39 is 0 Å². The Morgan fingerprint density at radius 2 is 1.91 bits per heavy atom. The van der Waals surface area contributed by atoms with Crippen LogP contribution >= 0.6 is 15.9 Å². The molecule has 1 aliphatic rings. The zero-order valence-electron chi connectivity index (χ0n) is 12.4. The SMILES string of the molecule is Brc1ccc(CNC2CCCc3c2[nH]c2ccccc32)cc1. The molecule has 0 saturated carbocycles. The van der Waals surface area contributed by atoms with Gasteiger partial charge in [-0.1, -0.05) is 46.3 Å². The first-order chi connectivity index (χ1) is 10.8. The third-order valence-corrected chi connectivity index (χ3v) is 5.11. The quantitative estimate of drug-likeness (QED) is 0.672. The Balaban J connectivity index is 1.58. The predicted molar refractivity (Wildman–Crippen MR) is 95.0 cm³/mol. The maximum absolute atomic E-state index is 3.73. The number of hydrogen-bond donors (Lipinski definition) is 2. The molecule has 2 nitrogen and oxygen atoms in total. The molecule has 0 radical (unpaired) electrons. The highest BCUT2D eigenvalue weighted by atomic mass is 79.9. The molecule has 0 saturated heterocycles. The van der Waals surface area contributed by atoms with Crippen molar-refractivity contribution in [3.63, 3.8) is 0 Å². The molecule has 4 rings (SSSR count). The average molecular weight is 355 g/mol. The van der Waals surface area contributed by atoms with Crippen LogP contribution in [0.3, 0.4) is 0 Å². The lowest BCUT2D eigenvalue weighted by molar-refractivity contribution is 0.452. The summed E-state index contributed by atoms with van der Waals surface area (Å²) in [6.45, 7) is 0.909. The molecule has 0 spiro atoms. The van der Waals surface area contributed by atoms with Gasteiger partial charge >= 0.3 is 0 Å². The summed E-state index contributed by atoms with van der Waals surface area (Å²) in [6.07, 6.45) is 3.65. The van der Waals surface area contributed by atoms with E-state index in [2.05, 4.69) is 74.8 Å². The zero-order valence-corrected chi connectivity index (χ0v) is 14.0. The van der Waals surface area contributed by atoms with Gasteiger partial charge in [0, 0.05) is 33.7 Å². The van der Waals surface area contributed by atoms with E-state index in [0.29, 0.717) is 6.04 Å². The van der Waals surface area contributed by atoms with Crippen molar-refractivity contribution in [2.75, 3.05) is 0 Å². The standard InChI is InChI=1S/C19H19BrN2/c20-14-10-8-13(9-11-14)12-21-18-7-3-5-16-15-4-1-2-6-17(15)22-19(16)18/h1-2,4,6,8-11,18,21-22H,3,5,7,12H2. The third kappa shape index (κ3) is 2.59. The van der Waals surface area contributed by atoms with Crippen LogP contribution in [0.25, 0.3) is 10.9 Å². The number of nitrogens with one attached hydrogen (secondary N) is 2. The fourth-order valence-electron chi connectivity index (χ4n) is 3.46.